The highest BCUT2D eigenvalue weighted by molar-refractivity contribution is 6.46. The Morgan fingerprint density at radius 3 is 2.51 bits per heavy atom. The molecule has 0 spiro atoms. The monoisotopic (exact) mass is 502 g/mol. The van der Waals surface area contributed by atoms with E-state index in [-0.39, 0.29) is 11.3 Å². The van der Waals surface area contributed by atoms with E-state index in [4.69, 9.17) is 13.9 Å². The van der Waals surface area contributed by atoms with Gasteiger partial charge in [0.25, 0.3) is 11.7 Å². The van der Waals surface area contributed by atoms with Gasteiger partial charge in [-0.1, -0.05) is 29.8 Å². The van der Waals surface area contributed by atoms with Crippen molar-refractivity contribution in [1.29, 1.82) is 0 Å². The first-order valence-corrected chi connectivity index (χ1v) is 12.4. The molecule has 3 aromatic rings. The fourth-order valence-corrected chi connectivity index (χ4v) is 4.76. The summed E-state index contributed by atoms with van der Waals surface area (Å²) in [4.78, 5) is 29.9. The van der Waals surface area contributed by atoms with E-state index in [1.165, 1.54) is 11.2 Å². The third-order valence-electron chi connectivity index (χ3n) is 6.73. The Bertz CT molecular complexity index is 1280. The number of morpholine rings is 1. The van der Waals surface area contributed by atoms with E-state index in [1.807, 2.05) is 25.1 Å². The van der Waals surface area contributed by atoms with Crippen LogP contribution in [0.15, 0.2) is 76.9 Å². The number of benzene rings is 2. The zero-order chi connectivity index (χ0) is 25.8. The van der Waals surface area contributed by atoms with E-state index in [9.17, 15) is 14.7 Å². The lowest BCUT2D eigenvalue weighted by Gasteiger charge is -2.30. The van der Waals surface area contributed by atoms with Gasteiger partial charge in [0.15, 0.2) is 0 Å². The lowest BCUT2D eigenvalue weighted by molar-refractivity contribution is -0.140. The summed E-state index contributed by atoms with van der Waals surface area (Å²) in [5, 5.41) is 11.2. The van der Waals surface area contributed by atoms with E-state index in [2.05, 4.69) is 11.0 Å². The van der Waals surface area contributed by atoms with Crippen molar-refractivity contribution in [3.63, 3.8) is 0 Å². The first-order chi connectivity index (χ1) is 18.0. The largest absolute Gasteiger partial charge is 0.507 e. The highest BCUT2D eigenvalue weighted by Crippen LogP contribution is 2.39. The first kappa shape index (κ1) is 24.8. The second-order valence-electron chi connectivity index (χ2n) is 9.26. The Kier molecular flexibility index (Phi) is 7.39. The molecule has 2 aliphatic rings. The van der Waals surface area contributed by atoms with Gasteiger partial charge in [-0.2, -0.15) is 0 Å². The van der Waals surface area contributed by atoms with Crippen LogP contribution in [-0.2, 0) is 20.9 Å². The number of carbonyl (C=O) groups is 2. The number of hydrogen-bond donors (Lipinski definition) is 1. The highest BCUT2D eigenvalue weighted by atomic mass is 16.5. The maximum atomic E-state index is 13.1. The maximum Gasteiger partial charge on any atom is 0.295 e. The van der Waals surface area contributed by atoms with E-state index in [1.54, 1.807) is 36.4 Å². The van der Waals surface area contributed by atoms with Crippen molar-refractivity contribution in [2.45, 2.75) is 19.6 Å². The molecule has 192 valence electrons. The average Bonchev–Trinajstić information content (AvgIpc) is 3.54. The smallest absolute Gasteiger partial charge is 0.295 e. The summed E-state index contributed by atoms with van der Waals surface area (Å²) in [6, 6.07) is 17.5. The third kappa shape index (κ3) is 5.45. The number of carbonyl (C=O) groups excluding carboxylic acids is 2. The molecular formula is C29H30N2O6. The number of furan rings is 1. The van der Waals surface area contributed by atoms with Crippen molar-refractivity contribution in [3.8, 4) is 5.75 Å². The molecule has 0 aliphatic carbocycles. The van der Waals surface area contributed by atoms with Crippen molar-refractivity contribution < 1.29 is 28.6 Å². The average molecular weight is 503 g/mol. The Balaban J connectivity index is 1.37. The molecule has 0 bridgehead atoms. The normalized spacial score (nSPS) is 19.9. The lowest BCUT2D eigenvalue weighted by atomic mass is 9.99. The van der Waals surface area contributed by atoms with Crippen LogP contribution in [0.2, 0.25) is 0 Å². The fraction of sp³-hybridized carbons (Fsp3) is 0.310. The van der Waals surface area contributed by atoms with Gasteiger partial charge in [-0.3, -0.25) is 14.5 Å². The molecule has 37 heavy (non-hydrogen) atoms. The molecule has 0 unspecified atom stereocenters. The lowest BCUT2D eigenvalue weighted by Crippen LogP contribution is -2.42. The Hall–Kier alpha value is -3.88. The van der Waals surface area contributed by atoms with Gasteiger partial charge in [-0.15, -0.1) is 0 Å². The first-order valence-electron chi connectivity index (χ1n) is 12.4. The molecule has 2 aromatic carbocycles. The molecule has 5 rings (SSSR count). The number of rotatable bonds is 8. The minimum atomic E-state index is -0.798. The van der Waals surface area contributed by atoms with Crippen LogP contribution < -0.4 is 4.74 Å². The predicted octanol–water partition coefficient (Wildman–Crippen LogP) is 3.92. The van der Waals surface area contributed by atoms with Gasteiger partial charge >= 0.3 is 0 Å². The quantitative estimate of drug-likeness (QED) is 0.284. The molecule has 1 atom stereocenters. The minimum absolute atomic E-state index is 0.0235. The molecule has 2 aliphatic heterocycles. The molecule has 0 saturated carbocycles. The van der Waals surface area contributed by atoms with Crippen LogP contribution >= 0.6 is 0 Å². The van der Waals surface area contributed by atoms with Crippen molar-refractivity contribution in [2.75, 3.05) is 39.4 Å². The van der Waals surface area contributed by atoms with E-state index in [0.29, 0.717) is 50.0 Å². The highest BCUT2D eigenvalue weighted by Gasteiger charge is 2.47. The van der Waals surface area contributed by atoms with E-state index < -0.39 is 17.7 Å². The van der Waals surface area contributed by atoms with Crippen LogP contribution in [0.25, 0.3) is 5.76 Å². The topological polar surface area (TPSA) is 92.5 Å². The van der Waals surface area contributed by atoms with E-state index in [0.717, 1.165) is 24.2 Å². The number of ketones is 1. The summed E-state index contributed by atoms with van der Waals surface area (Å²) >= 11 is 0. The standard InChI is InChI=1S/C29H30N2O6/c1-20-4-2-5-21(18-20)19-37-23-9-7-22(8-10-23)27(32)25-26(24-6-3-15-36-24)31(29(34)28(25)33)12-11-30-13-16-35-17-14-30/h2-10,15,18,26,32H,11-14,16-17,19H2,1H3/b27-25+/t26-/m0/s1. The SMILES string of the molecule is Cc1cccc(COc2ccc(/C(O)=C3\C(=O)C(=O)N(CCN4CCOCC4)[C@H]3c3ccco3)cc2)c1. The third-order valence-corrected chi connectivity index (χ3v) is 6.73. The zero-order valence-electron chi connectivity index (χ0n) is 20.8. The van der Waals surface area contributed by atoms with Crippen molar-refractivity contribution in [1.82, 2.24) is 9.80 Å². The van der Waals surface area contributed by atoms with Crippen molar-refractivity contribution >= 4 is 17.4 Å². The van der Waals surface area contributed by atoms with E-state index >= 15 is 0 Å². The summed E-state index contributed by atoms with van der Waals surface area (Å²) in [6.45, 7) is 6.21. The summed E-state index contributed by atoms with van der Waals surface area (Å²) in [5.74, 6) is -0.540. The fourth-order valence-electron chi connectivity index (χ4n) is 4.76. The number of ether oxygens (including phenoxy) is 2. The number of aliphatic hydroxyl groups excluding tert-OH is 1. The number of likely N-dealkylation sites (tertiary alicyclic amines) is 1. The minimum Gasteiger partial charge on any atom is -0.507 e. The summed E-state index contributed by atoms with van der Waals surface area (Å²) in [6.07, 6.45) is 1.50. The van der Waals surface area contributed by atoms with Crippen LogP contribution in [0.1, 0.15) is 28.5 Å². The van der Waals surface area contributed by atoms with Gasteiger partial charge in [0.2, 0.25) is 0 Å². The van der Waals surface area contributed by atoms with Gasteiger partial charge in [0.1, 0.15) is 29.9 Å². The molecule has 8 nitrogen and oxygen atoms in total. The van der Waals surface area contributed by atoms with Gasteiger partial charge in [0, 0.05) is 31.7 Å². The molecule has 1 N–H and O–H groups in total. The van der Waals surface area contributed by atoms with Crippen LogP contribution in [0.4, 0.5) is 0 Å². The summed E-state index contributed by atoms with van der Waals surface area (Å²) < 4.78 is 16.9. The van der Waals surface area contributed by atoms with Crippen LogP contribution in [-0.4, -0.2) is 66.0 Å². The van der Waals surface area contributed by atoms with Gasteiger partial charge < -0.3 is 23.9 Å². The number of Topliss-reactive ketones (excluding diaryl/α,β-unsaturated/α-hetero) is 1. The molecule has 2 saturated heterocycles. The number of aliphatic hydroxyl groups is 1. The van der Waals surface area contributed by atoms with Crippen molar-refractivity contribution in [3.05, 3.63) is 95.0 Å². The predicted molar refractivity (Wildman–Crippen MR) is 137 cm³/mol. The number of hydrogen-bond acceptors (Lipinski definition) is 7. The zero-order valence-corrected chi connectivity index (χ0v) is 20.8. The molecule has 2 fully saturated rings. The van der Waals surface area contributed by atoms with Crippen molar-refractivity contribution in [2.24, 2.45) is 0 Å². The molecule has 1 amide bonds. The Labute approximate surface area is 215 Å². The maximum absolute atomic E-state index is 13.1. The Morgan fingerprint density at radius 2 is 1.81 bits per heavy atom. The Morgan fingerprint density at radius 1 is 1.03 bits per heavy atom. The summed E-state index contributed by atoms with van der Waals surface area (Å²) in [5.41, 5.74) is 2.66. The van der Waals surface area contributed by atoms with Gasteiger partial charge in [0.05, 0.1) is 25.1 Å². The molecule has 3 heterocycles. The van der Waals surface area contributed by atoms with Crippen LogP contribution in [0.5, 0.6) is 5.75 Å². The number of aryl methyl sites for hydroxylation is 1. The second kappa shape index (κ2) is 11.0. The molecular weight excluding hydrogens is 472 g/mol. The van der Waals surface area contributed by atoms with Gasteiger partial charge in [-0.25, -0.2) is 0 Å². The molecule has 0 radical (unpaired) electrons. The second-order valence-corrected chi connectivity index (χ2v) is 9.26. The number of nitrogens with zero attached hydrogens (tertiary/aromatic N) is 2. The van der Waals surface area contributed by atoms with Crippen LogP contribution in [0, 0.1) is 6.92 Å². The van der Waals surface area contributed by atoms with Gasteiger partial charge in [-0.05, 0) is 48.9 Å². The summed E-state index contributed by atoms with van der Waals surface area (Å²) in [7, 11) is 0. The van der Waals surface area contributed by atoms with Crippen LogP contribution in [0.3, 0.4) is 0 Å². The molecule has 8 heteroatoms. The number of amides is 1. The molecule has 1 aromatic heterocycles.